The average molecular weight is 514 g/mol. The first-order valence-electron chi connectivity index (χ1n) is 8.92. The Morgan fingerprint density at radius 2 is 1.19 bits per heavy atom. The number of rotatable bonds is 7. The van der Waals surface area contributed by atoms with E-state index in [1.165, 1.54) is 36.4 Å². The molecule has 0 bridgehead atoms. The summed E-state index contributed by atoms with van der Waals surface area (Å²) in [6.07, 6.45) is 0. The van der Waals surface area contributed by atoms with Crippen molar-refractivity contribution in [1.29, 1.82) is 0 Å². The molecule has 0 amide bonds. The predicted octanol–water partition coefficient (Wildman–Crippen LogP) is 7.08. The summed E-state index contributed by atoms with van der Waals surface area (Å²) in [4.78, 5) is 27.2. The Balaban J connectivity index is 2.38. The summed E-state index contributed by atoms with van der Waals surface area (Å²) in [5, 5.41) is 0.429. The maximum atomic E-state index is 13.6. The molecule has 0 radical (unpaired) electrons. The fourth-order valence-corrected chi connectivity index (χ4v) is 4.64. The van der Waals surface area contributed by atoms with Crippen molar-refractivity contribution in [3.63, 3.8) is 0 Å². The van der Waals surface area contributed by atoms with Gasteiger partial charge in [0.2, 0.25) is 5.78 Å². The number of hydrogen-bond donors (Lipinski definition) is 0. The second kappa shape index (κ2) is 10.1. The van der Waals surface area contributed by atoms with Gasteiger partial charge in [0.1, 0.15) is 5.75 Å². The summed E-state index contributed by atoms with van der Waals surface area (Å²) in [6, 6.07) is 12.1. The maximum absolute atomic E-state index is 13.6. The highest BCUT2D eigenvalue weighted by atomic mass is 35.5. The van der Waals surface area contributed by atoms with Crippen LogP contribution in [-0.2, 0) is 4.57 Å². The second-order valence-electron chi connectivity index (χ2n) is 6.21. The molecular formula is C22H13Cl4O4P. The molecule has 0 atom stereocenters. The topological polar surface area (TPSA) is 60.4 Å². The SMILES string of the molecule is CCOc1ccc(P=O)c(C(=O)c2c(Cl)cccc2Cl)c1C(=O)c1c(Cl)cccc1Cl. The summed E-state index contributed by atoms with van der Waals surface area (Å²) in [7, 11) is -0.485. The van der Waals surface area contributed by atoms with Gasteiger partial charge in [-0.1, -0.05) is 58.5 Å². The van der Waals surface area contributed by atoms with Gasteiger partial charge in [-0.2, -0.15) is 0 Å². The van der Waals surface area contributed by atoms with Crippen molar-refractivity contribution in [2.24, 2.45) is 0 Å². The van der Waals surface area contributed by atoms with Gasteiger partial charge in [-0.05, 0) is 43.3 Å². The standard InChI is InChI=1S/C22H13Cl4O4P/c1-2-30-15-9-10-16(31-29)20(22(28)18-13(25)7-4-8-14(18)26)19(15)21(27)17-11(23)5-3-6-12(17)24/h3-10H,2H2,1H3. The van der Waals surface area contributed by atoms with Crippen molar-refractivity contribution >= 4 is 71.7 Å². The van der Waals surface area contributed by atoms with Crippen molar-refractivity contribution in [3.8, 4) is 5.75 Å². The van der Waals surface area contributed by atoms with E-state index in [0.29, 0.717) is 0 Å². The minimum absolute atomic E-state index is 0.00851. The Labute approximate surface area is 200 Å². The number of halogens is 4. The minimum Gasteiger partial charge on any atom is -0.493 e. The Morgan fingerprint density at radius 3 is 1.61 bits per heavy atom. The van der Waals surface area contributed by atoms with Crippen LogP contribution in [-0.4, -0.2) is 18.2 Å². The number of ether oxygens (including phenoxy) is 1. The van der Waals surface area contributed by atoms with Gasteiger partial charge in [0, 0.05) is 0 Å². The highest BCUT2D eigenvalue weighted by Crippen LogP contribution is 2.35. The van der Waals surface area contributed by atoms with Crippen molar-refractivity contribution in [2.45, 2.75) is 6.92 Å². The van der Waals surface area contributed by atoms with Gasteiger partial charge in [-0.15, -0.1) is 0 Å². The summed E-state index contributed by atoms with van der Waals surface area (Å²) in [6.45, 7) is 1.94. The number of ketones is 2. The van der Waals surface area contributed by atoms with Gasteiger partial charge in [-0.3, -0.25) is 14.2 Å². The van der Waals surface area contributed by atoms with Crippen LogP contribution in [0.2, 0.25) is 20.1 Å². The van der Waals surface area contributed by atoms with Crippen molar-refractivity contribution < 1.29 is 18.9 Å². The average Bonchev–Trinajstić information content (AvgIpc) is 2.73. The molecule has 3 aromatic rings. The van der Waals surface area contributed by atoms with Gasteiger partial charge in [0.25, 0.3) is 0 Å². The lowest BCUT2D eigenvalue weighted by Gasteiger charge is -2.17. The van der Waals surface area contributed by atoms with Crippen LogP contribution in [0.15, 0.2) is 48.5 Å². The molecule has 0 aliphatic carbocycles. The maximum Gasteiger partial charge on any atom is 0.200 e. The highest BCUT2D eigenvalue weighted by molar-refractivity contribution is 7.34. The van der Waals surface area contributed by atoms with Crippen LogP contribution < -0.4 is 10.0 Å². The third-order valence-electron chi connectivity index (χ3n) is 4.38. The minimum atomic E-state index is -0.679. The van der Waals surface area contributed by atoms with E-state index in [1.54, 1.807) is 19.1 Å². The van der Waals surface area contributed by atoms with E-state index in [2.05, 4.69) is 0 Å². The molecule has 0 aliphatic heterocycles. The van der Waals surface area contributed by atoms with Crippen molar-refractivity contribution in [2.75, 3.05) is 6.61 Å². The zero-order valence-electron chi connectivity index (χ0n) is 15.9. The van der Waals surface area contributed by atoms with E-state index >= 15 is 0 Å². The van der Waals surface area contributed by atoms with Gasteiger partial charge in [0.15, 0.2) is 14.2 Å². The summed E-state index contributed by atoms with van der Waals surface area (Å²) >= 11 is 24.9. The van der Waals surface area contributed by atoms with E-state index < -0.39 is 20.0 Å². The summed E-state index contributed by atoms with van der Waals surface area (Å²) in [5.41, 5.74) is -0.313. The Bertz CT molecular complexity index is 1170. The number of benzene rings is 3. The second-order valence-corrected chi connectivity index (χ2v) is 8.50. The zero-order chi connectivity index (χ0) is 22.7. The van der Waals surface area contributed by atoms with E-state index in [1.807, 2.05) is 0 Å². The third-order valence-corrected chi connectivity index (χ3v) is 6.21. The smallest absolute Gasteiger partial charge is 0.200 e. The first-order chi connectivity index (χ1) is 14.8. The molecule has 0 spiro atoms. The molecule has 9 heteroatoms. The fourth-order valence-electron chi connectivity index (χ4n) is 3.06. The molecule has 158 valence electrons. The van der Waals surface area contributed by atoms with Crippen LogP contribution >= 0.6 is 54.9 Å². The van der Waals surface area contributed by atoms with Crippen molar-refractivity contribution in [1.82, 2.24) is 0 Å². The molecule has 0 fully saturated rings. The van der Waals surface area contributed by atoms with Crippen LogP contribution in [0.4, 0.5) is 0 Å². The predicted molar refractivity (Wildman–Crippen MR) is 125 cm³/mol. The van der Waals surface area contributed by atoms with Crippen LogP contribution in [0.1, 0.15) is 38.8 Å². The van der Waals surface area contributed by atoms with Crippen LogP contribution in [0, 0.1) is 0 Å². The molecule has 0 N–H and O–H groups in total. The van der Waals surface area contributed by atoms with E-state index in [4.69, 9.17) is 51.1 Å². The van der Waals surface area contributed by atoms with Gasteiger partial charge in [-0.25, -0.2) is 0 Å². The molecule has 3 rings (SSSR count). The van der Waals surface area contributed by atoms with E-state index in [0.717, 1.165) is 0 Å². The first-order valence-corrected chi connectivity index (χ1v) is 11.2. The normalized spacial score (nSPS) is 10.9. The number of hydrogen-bond acceptors (Lipinski definition) is 4. The monoisotopic (exact) mass is 512 g/mol. The molecule has 3 aromatic carbocycles. The number of carbonyl (C=O) groups is 2. The lowest BCUT2D eigenvalue weighted by atomic mass is 9.92. The molecule has 4 nitrogen and oxygen atoms in total. The fraction of sp³-hybridized carbons (Fsp3) is 0.0909. The van der Waals surface area contributed by atoms with Crippen LogP contribution in [0.25, 0.3) is 0 Å². The third kappa shape index (κ3) is 4.64. The largest absolute Gasteiger partial charge is 0.493 e. The van der Waals surface area contributed by atoms with E-state index in [9.17, 15) is 14.2 Å². The Hall–Kier alpha value is -1.94. The molecule has 0 aliphatic rings. The molecule has 0 heterocycles. The zero-order valence-corrected chi connectivity index (χ0v) is 19.8. The summed E-state index contributed by atoms with van der Waals surface area (Å²) in [5.74, 6) is -1.22. The molecule has 0 saturated heterocycles. The number of carbonyl (C=O) groups excluding carboxylic acids is 2. The first kappa shape index (κ1) is 23.7. The van der Waals surface area contributed by atoms with Crippen LogP contribution in [0.3, 0.4) is 0 Å². The van der Waals surface area contributed by atoms with E-state index in [-0.39, 0.29) is 60.0 Å². The molecule has 31 heavy (non-hydrogen) atoms. The Kier molecular flexibility index (Phi) is 7.74. The summed E-state index contributed by atoms with van der Waals surface area (Å²) < 4.78 is 17.5. The highest BCUT2D eigenvalue weighted by Gasteiger charge is 2.31. The van der Waals surface area contributed by atoms with Gasteiger partial charge >= 0.3 is 0 Å². The molecular weight excluding hydrogens is 501 g/mol. The van der Waals surface area contributed by atoms with Gasteiger partial charge in [0.05, 0.1) is 54.3 Å². The quantitative estimate of drug-likeness (QED) is 0.250. The lowest BCUT2D eigenvalue weighted by molar-refractivity contribution is 0.100. The molecule has 0 saturated carbocycles. The lowest BCUT2D eigenvalue weighted by Crippen LogP contribution is -2.21. The van der Waals surface area contributed by atoms with Crippen LogP contribution in [0.5, 0.6) is 5.75 Å². The van der Waals surface area contributed by atoms with Gasteiger partial charge < -0.3 is 4.74 Å². The van der Waals surface area contributed by atoms with Crippen molar-refractivity contribution in [3.05, 3.63) is 90.9 Å². The Morgan fingerprint density at radius 1 is 0.742 bits per heavy atom. The molecule has 0 unspecified atom stereocenters. The molecule has 0 aromatic heterocycles.